The largest absolute Gasteiger partial charge is 0.433 e. The monoisotopic (exact) mass is 493 g/mol. The molecule has 2 N–H and O–H groups in total. The third-order valence-electron chi connectivity index (χ3n) is 4.10. The standard InChI is InChI=1S/C17H21F2N5O2.HI/c1-20-17(21-10-12-7-9-25-23-12)22-13-6-8-24(11-13)14-4-2-3-5-15(14)26-16(18)19;/h2-5,7,9,13,16H,6,8,10-11H2,1H3,(H2,20,21,22);1H. The zero-order chi connectivity index (χ0) is 18.4. The number of ether oxygens (including phenoxy) is 1. The van der Waals surface area contributed by atoms with Crippen molar-refractivity contribution in [3.63, 3.8) is 0 Å². The topological polar surface area (TPSA) is 74.9 Å². The van der Waals surface area contributed by atoms with Crippen molar-refractivity contribution in [2.24, 2.45) is 4.99 Å². The van der Waals surface area contributed by atoms with Gasteiger partial charge in [0.05, 0.1) is 12.2 Å². The fraction of sp³-hybridized carbons (Fsp3) is 0.412. The molecule has 1 aromatic heterocycles. The van der Waals surface area contributed by atoms with E-state index < -0.39 is 6.61 Å². The highest BCUT2D eigenvalue weighted by molar-refractivity contribution is 14.0. The second-order valence-electron chi connectivity index (χ2n) is 5.84. The van der Waals surface area contributed by atoms with Gasteiger partial charge in [0.15, 0.2) is 5.96 Å². The smallest absolute Gasteiger partial charge is 0.387 e. The van der Waals surface area contributed by atoms with Crippen LogP contribution in [0.25, 0.3) is 0 Å². The SMILES string of the molecule is CN=C(NCc1ccon1)NC1CCN(c2ccccc2OC(F)F)C1.I. The van der Waals surface area contributed by atoms with E-state index in [1.165, 1.54) is 6.26 Å². The Morgan fingerprint density at radius 3 is 2.93 bits per heavy atom. The van der Waals surface area contributed by atoms with Gasteiger partial charge in [-0.2, -0.15) is 8.78 Å². The Hall–Kier alpha value is -2.11. The van der Waals surface area contributed by atoms with Gasteiger partial charge in [-0.3, -0.25) is 4.99 Å². The number of rotatable bonds is 6. The zero-order valence-corrected chi connectivity index (χ0v) is 17.1. The maximum atomic E-state index is 12.6. The minimum atomic E-state index is -2.84. The van der Waals surface area contributed by atoms with Gasteiger partial charge in [0.25, 0.3) is 0 Å². The number of alkyl halides is 2. The number of nitrogens with zero attached hydrogens (tertiary/aromatic N) is 3. The molecule has 0 radical (unpaired) electrons. The summed E-state index contributed by atoms with van der Waals surface area (Å²) >= 11 is 0. The van der Waals surface area contributed by atoms with Crippen molar-refractivity contribution < 1.29 is 18.0 Å². The summed E-state index contributed by atoms with van der Waals surface area (Å²) in [6, 6.07) is 8.75. The Morgan fingerprint density at radius 2 is 2.22 bits per heavy atom. The molecular formula is C17H22F2IN5O2. The molecule has 1 saturated heterocycles. The van der Waals surface area contributed by atoms with Crippen LogP contribution in [0.15, 0.2) is 46.1 Å². The summed E-state index contributed by atoms with van der Waals surface area (Å²) < 4.78 is 34.6. The molecule has 3 rings (SSSR count). The molecule has 2 aromatic rings. The highest BCUT2D eigenvalue weighted by Gasteiger charge is 2.26. The molecule has 2 heterocycles. The van der Waals surface area contributed by atoms with Crippen molar-refractivity contribution >= 4 is 35.6 Å². The van der Waals surface area contributed by atoms with Crippen LogP contribution in [0.2, 0.25) is 0 Å². The maximum absolute atomic E-state index is 12.6. The van der Waals surface area contributed by atoms with Gasteiger partial charge >= 0.3 is 6.61 Å². The lowest BCUT2D eigenvalue weighted by Crippen LogP contribution is -2.44. The molecule has 1 unspecified atom stereocenters. The van der Waals surface area contributed by atoms with Crippen molar-refractivity contribution in [2.45, 2.75) is 25.6 Å². The molecule has 0 aliphatic carbocycles. The zero-order valence-electron chi connectivity index (χ0n) is 14.8. The molecule has 0 spiro atoms. The van der Waals surface area contributed by atoms with Crippen LogP contribution in [0.4, 0.5) is 14.5 Å². The van der Waals surface area contributed by atoms with Gasteiger partial charge < -0.3 is 24.8 Å². The average molecular weight is 493 g/mol. The molecule has 0 bridgehead atoms. The number of hydrogen-bond acceptors (Lipinski definition) is 5. The summed E-state index contributed by atoms with van der Waals surface area (Å²) in [5.74, 6) is 0.841. The van der Waals surface area contributed by atoms with Gasteiger partial charge in [-0.25, -0.2) is 0 Å². The van der Waals surface area contributed by atoms with Crippen molar-refractivity contribution in [1.82, 2.24) is 15.8 Å². The van der Waals surface area contributed by atoms with Crippen molar-refractivity contribution in [2.75, 3.05) is 25.0 Å². The molecule has 7 nitrogen and oxygen atoms in total. The number of halogens is 3. The number of para-hydroxylation sites is 2. The number of benzene rings is 1. The van der Waals surface area contributed by atoms with Crippen LogP contribution < -0.4 is 20.3 Å². The fourth-order valence-corrected chi connectivity index (χ4v) is 2.90. The Labute approximate surface area is 173 Å². The third-order valence-corrected chi connectivity index (χ3v) is 4.10. The fourth-order valence-electron chi connectivity index (χ4n) is 2.90. The minimum absolute atomic E-state index is 0. The summed E-state index contributed by atoms with van der Waals surface area (Å²) in [6.07, 6.45) is 2.37. The van der Waals surface area contributed by atoms with E-state index in [1.807, 2.05) is 11.0 Å². The molecule has 1 fully saturated rings. The quantitative estimate of drug-likeness (QED) is 0.367. The molecule has 1 atom stereocenters. The van der Waals surface area contributed by atoms with E-state index in [-0.39, 0.29) is 35.8 Å². The Balaban J connectivity index is 0.00000261. The van der Waals surface area contributed by atoms with Crippen LogP contribution in [-0.4, -0.2) is 43.9 Å². The number of anilines is 1. The van der Waals surface area contributed by atoms with Gasteiger partial charge in [0.1, 0.15) is 17.7 Å². The van der Waals surface area contributed by atoms with Crippen molar-refractivity contribution in [1.29, 1.82) is 0 Å². The lowest BCUT2D eigenvalue weighted by molar-refractivity contribution is -0.0495. The highest BCUT2D eigenvalue weighted by atomic mass is 127. The van der Waals surface area contributed by atoms with E-state index in [9.17, 15) is 8.78 Å². The van der Waals surface area contributed by atoms with Gasteiger partial charge in [-0.05, 0) is 18.6 Å². The van der Waals surface area contributed by atoms with Gasteiger partial charge in [0.2, 0.25) is 0 Å². The van der Waals surface area contributed by atoms with Gasteiger partial charge in [-0.15, -0.1) is 24.0 Å². The van der Waals surface area contributed by atoms with E-state index in [4.69, 9.17) is 4.52 Å². The number of nitrogens with one attached hydrogen (secondary N) is 2. The minimum Gasteiger partial charge on any atom is -0.433 e. The molecule has 1 aliphatic heterocycles. The number of guanidine groups is 1. The molecule has 0 amide bonds. The Bertz CT molecular complexity index is 730. The molecular weight excluding hydrogens is 471 g/mol. The van der Waals surface area contributed by atoms with Crippen LogP contribution in [0.5, 0.6) is 5.75 Å². The lowest BCUT2D eigenvalue weighted by atomic mass is 10.2. The van der Waals surface area contributed by atoms with Crippen LogP contribution in [0, 0.1) is 0 Å². The predicted octanol–water partition coefficient (Wildman–Crippen LogP) is 2.84. The first-order chi connectivity index (χ1) is 12.7. The van der Waals surface area contributed by atoms with Crippen LogP contribution in [-0.2, 0) is 6.54 Å². The first-order valence-electron chi connectivity index (χ1n) is 8.31. The van der Waals surface area contributed by atoms with Gasteiger partial charge in [-0.1, -0.05) is 17.3 Å². The molecule has 1 aliphatic rings. The number of hydrogen-bond donors (Lipinski definition) is 2. The summed E-state index contributed by atoms with van der Waals surface area (Å²) in [5.41, 5.74) is 1.45. The number of aromatic nitrogens is 1. The summed E-state index contributed by atoms with van der Waals surface area (Å²) in [6.45, 7) is -0.944. The molecule has 27 heavy (non-hydrogen) atoms. The van der Waals surface area contributed by atoms with Crippen molar-refractivity contribution in [3.05, 3.63) is 42.3 Å². The van der Waals surface area contributed by atoms with Crippen LogP contribution in [0.1, 0.15) is 12.1 Å². The van der Waals surface area contributed by atoms with Crippen molar-refractivity contribution in [3.8, 4) is 5.75 Å². The first kappa shape index (κ1) is 21.2. The average Bonchev–Trinajstić information content (AvgIpc) is 3.30. The van der Waals surface area contributed by atoms with Gasteiger partial charge in [0, 0.05) is 32.2 Å². The summed E-state index contributed by atoms with van der Waals surface area (Å²) in [5, 5.41) is 10.3. The highest BCUT2D eigenvalue weighted by Crippen LogP contribution is 2.31. The molecule has 0 saturated carbocycles. The maximum Gasteiger partial charge on any atom is 0.387 e. The normalized spacial score (nSPS) is 17.0. The van der Waals surface area contributed by atoms with E-state index in [0.717, 1.165) is 18.7 Å². The van der Waals surface area contributed by atoms with E-state index in [0.29, 0.717) is 24.7 Å². The van der Waals surface area contributed by atoms with E-state index in [1.54, 1.807) is 31.3 Å². The lowest BCUT2D eigenvalue weighted by Gasteiger charge is -2.22. The molecule has 148 valence electrons. The van der Waals surface area contributed by atoms with E-state index in [2.05, 4.69) is 25.5 Å². The van der Waals surface area contributed by atoms with E-state index >= 15 is 0 Å². The van der Waals surface area contributed by atoms with Crippen LogP contribution >= 0.6 is 24.0 Å². The molecule has 10 heteroatoms. The summed E-state index contributed by atoms with van der Waals surface area (Å²) in [4.78, 5) is 6.23. The first-order valence-corrected chi connectivity index (χ1v) is 8.31. The Kier molecular flexibility index (Phi) is 8.07. The Morgan fingerprint density at radius 1 is 1.41 bits per heavy atom. The van der Waals surface area contributed by atoms with Crippen LogP contribution in [0.3, 0.4) is 0 Å². The third kappa shape index (κ3) is 5.94. The second kappa shape index (κ2) is 10.3. The number of aliphatic imine (C=N–C) groups is 1. The predicted molar refractivity (Wildman–Crippen MR) is 109 cm³/mol. The second-order valence-corrected chi connectivity index (χ2v) is 5.84. The molecule has 1 aromatic carbocycles. The summed E-state index contributed by atoms with van der Waals surface area (Å²) in [7, 11) is 1.69.